The Hall–Kier alpha value is -2.46. The molecule has 0 aliphatic rings. The van der Waals surface area contributed by atoms with E-state index in [1.54, 1.807) is 6.07 Å². The molecule has 3 aromatic rings. The van der Waals surface area contributed by atoms with Gasteiger partial charge in [-0.25, -0.2) is 4.98 Å². The Morgan fingerprint density at radius 2 is 1.76 bits per heavy atom. The number of hydrogen-bond acceptors (Lipinski definition) is 3. The van der Waals surface area contributed by atoms with Crippen LogP contribution in [0.15, 0.2) is 53.3 Å². The van der Waals surface area contributed by atoms with E-state index in [1.165, 1.54) is 0 Å². The zero-order chi connectivity index (χ0) is 14.8. The summed E-state index contributed by atoms with van der Waals surface area (Å²) in [5.41, 5.74) is 2.72. The Bertz CT molecular complexity index is 837. The molecule has 4 nitrogen and oxygen atoms in total. The molecule has 0 saturated heterocycles. The number of rotatable bonds is 3. The standard InChI is InChI=1S/C17H17N3O/c1-20(2)11-12-7-3-4-8-13(12)16-18-15-10-6-5-9-14(15)17(21)19-16/h3-10H,11H2,1-2H3,(H,18,19,21). The zero-order valence-electron chi connectivity index (χ0n) is 12.1. The first kappa shape index (κ1) is 13.5. The lowest BCUT2D eigenvalue weighted by Crippen LogP contribution is -2.13. The van der Waals surface area contributed by atoms with Crippen LogP contribution in [0.25, 0.3) is 22.3 Å². The van der Waals surface area contributed by atoms with Gasteiger partial charge in [0.25, 0.3) is 5.56 Å². The van der Waals surface area contributed by atoms with Gasteiger partial charge < -0.3 is 9.88 Å². The van der Waals surface area contributed by atoms with Crippen molar-refractivity contribution in [3.63, 3.8) is 0 Å². The summed E-state index contributed by atoms with van der Waals surface area (Å²) < 4.78 is 0. The van der Waals surface area contributed by atoms with Crippen LogP contribution < -0.4 is 5.56 Å². The number of hydrogen-bond donors (Lipinski definition) is 1. The molecule has 1 aromatic heterocycles. The first-order valence-electron chi connectivity index (χ1n) is 6.87. The number of aromatic nitrogens is 2. The summed E-state index contributed by atoms with van der Waals surface area (Å²) in [5, 5.41) is 0.617. The molecule has 0 saturated carbocycles. The minimum absolute atomic E-state index is 0.102. The van der Waals surface area contributed by atoms with E-state index in [9.17, 15) is 4.79 Å². The van der Waals surface area contributed by atoms with Crippen LogP contribution in [0.1, 0.15) is 5.56 Å². The minimum atomic E-state index is -0.102. The molecule has 0 aliphatic carbocycles. The molecule has 1 heterocycles. The summed E-state index contributed by atoms with van der Waals surface area (Å²) in [6.45, 7) is 0.798. The molecule has 3 rings (SSSR count). The lowest BCUT2D eigenvalue weighted by atomic mass is 10.1. The van der Waals surface area contributed by atoms with Gasteiger partial charge in [0, 0.05) is 12.1 Å². The first-order chi connectivity index (χ1) is 10.1. The predicted molar refractivity (Wildman–Crippen MR) is 85.2 cm³/mol. The van der Waals surface area contributed by atoms with Crippen molar-refractivity contribution in [1.29, 1.82) is 0 Å². The van der Waals surface area contributed by atoms with E-state index in [0.29, 0.717) is 11.2 Å². The van der Waals surface area contributed by atoms with Gasteiger partial charge in [-0.1, -0.05) is 36.4 Å². The third-order valence-corrected chi connectivity index (χ3v) is 3.37. The van der Waals surface area contributed by atoms with E-state index in [1.807, 2.05) is 50.5 Å². The fraction of sp³-hybridized carbons (Fsp3) is 0.176. The number of para-hydroxylation sites is 1. The lowest BCUT2D eigenvalue weighted by molar-refractivity contribution is 0.403. The quantitative estimate of drug-likeness (QED) is 0.802. The molecule has 0 amide bonds. The number of fused-ring (bicyclic) bond motifs is 1. The predicted octanol–water partition coefficient (Wildman–Crippen LogP) is 2.65. The number of nitrogens with one attached hydrogen (secondary N) is 1. The van der Waals surface area contributed by atoms with E-state index in [4.69, 9.17) is 0 Å². The molecule has 106 valence electrons. The van der Waals surface area contributed by atoms with Crippen molar-refractivity contribution in [2.45, 2.75) is 6.54 Å². The summed E-state index contributed by atoms with van der Waals surface area (Å²) in [6.07, 6.45) is 0. The number of nitrogens with zero attached hydrogens (tertiary/aromatic N) is 2. The largest absolute Gasteiger partial charge is 0.306 e. The van der Waals surface area contributed by atoms with Gasteiger partial charge in [-0.2, -0.15) is 0 Å². The van der Waals surface area contributed by atoms with Gasteiger partial charge in [0.1, 0.15) is 5.82 Å². The number of benzene rings is 2. The van der Waals surface area contributed by atoms with Gasteiger partial charge in [-0.05, 0) is 31.8 Å². The lowest BCUT2D eigenvalue weighted by Gasteiger charge is -2.13. The molecular formula is C17H17N3O. The van der Waals surface area contributed by atoms with Gasteiger partial charge in [-0.15, -0.1) is 0 Å². The summed E-state index contributed by atoms with van der Waals surface area (Å²) in [4.78, 5) is 21.8. The van der Waals surface area contributed by atoms with Crippen LogP contribution in [0.4, 0.5) is 0 Å². The highest BCUT2D eigenvalue weighted by molar-refractivity contribution is 5.79. The number of aromatic amines is 1. The first-order valence-corrected chi connectivity index (χ1v) is 6.87. The minimum Gasteiger partial charge on any atom is -0.306 e. The Morgan fingerprint density at radius 3 is 2.57 bits per heavy atom. The van der Waals surface area contributed by atoms with Crippen LogP contribution in [0.2, 0.25) is 0 Å². The van der Waals surface area contributed by atoms with E-state index in [-0.39, 0.29) is 5.56 Å². The van der Waals surface area contributed by atoms with Gasteiger partial charge in [0.2, 0.25) is 0 Å². The van der Waals surface area contributed by atoms with Gasteiger partial charge in [0.15, 0.2) is 0 Å². The third kappa shape index (κ3) is 2.71. The zero-order valence-corrected chi connectivity index (χ0v) is 12.1. The molecule has 0 aliphatic heterocycles. The van der Waals surface area contributed by atoms with Crippen molar-refractivity contribution in [2.75, 3.05) is 14.1 Å². The number of H-pyrrole nitrogens is 1. The van der Waals surface area contributed by atoms with Crippen LogP contribution >= 0.6 is 0 Å². The maximum absolute atomic E-state index is 12.2. The molecule has 0 spiro atoms. The van der Waals surface area contributed by atoms with Crippen LogP contribution in [-0.2, 0) is 6.54 Å². The Balaban J connectivity index is 2.19. The molecule has 4 heteroatoms. The molecule has 2 aromatic carbocycles. The Kier molecular flexibility index (Phi) is 3.54. The SMILES string of the molecule is CN(C)Cc1ccccc1-c1nc2ccccc2c(=O)[nH]1. The van der Waals surface area contributed by atoms with Crippen LogP contribution in [0.3, 0.4) is 0 Å². The topological polar surface area (TPSA) is 49.0 Å². The normalized spacial score (nSPS) is 11.2. The highest BCUT2D eigenvalue weighted by Crippen LogP contribution is 2.21. The van der Waals surface area contributed by atoms with E-state index < -0.39 is 0 Å². The van der Waals surface area contributed by atoms with Crippen LogP contribution in [-0.4, -0.2) is 29.0 Å². The molecule has 0 atom stereocenters. The second kappa shape index (κ2) is 5.50. The maximum atomic E-state index is 12.2. The van der Waals surface area contributed by atoms with Gasteiger partial charge in [0.05, 0.1) is 10.9 Å². The Morgan fingerprint density at radius 1 is 1.05 bits per heavy atom. The average Bonchev–Trinajstić information content (AvgIpc) is 2.47. The highest BCUT2D eigenvalue weighted by atomic mass is 16.1. The van der Waals surface area contributed by atoms with Crippen molar-refractivity contribution < 1.29 is 0 Å². The fourth-order valence-corrected chi connectivity index (χ4v) is 2.44. The second-order valence-electron chi connectivity index (χ2n) is 5.33. The Labute approximate surface area is 123 Å². The molecule has 0 radical (unpaired) electrons. The van der Waals surface area contributed by atoms with E-state index in [2.05, 4.69) is 20.9 Å². The monoisotopic (exact) mass is 279 g/mol. The van der Waals surface area contributed by atoms with Crippen molar-refractivity contribution in [1.82, 2.24) is 14.9 Å². The third-order valence-electron chi connectivity index (χ3n) is 3.37. The summed E-state index contributed by atoms with van der Waals surface area (Å²) in [7, 11) is 4.04. The fourth-order valence-electron chi connectivity index (χ4n) is 2.44. The molecule has 0 fully saturated rings. The molecule has 0 bridgehead atoms. The summed E-state index contributed by atoms with van der Waals surface area (Å²) >= 11 is 0. The van der Waals surface area contributed by atoms with Crippen molar-refractivity contribution in [3.8, 4) is 11.4 Å². The van der Waals surface area contributed by atoms with E-state index in [0.717, 1.165) is 23.2 Å². The summed E-state index contributed by atoms with van der Waals surface area (Å²) in [5.74, 6) is 0.621. The van der Waals surface area contributed by atoms with Crippen molar-refractivity contribution in [3.05, 3.63) is 64.4 Å². The molecule has 0 unspecified atom stereocenters. The molecule has 1 N–H and O–H groups in total. The maximum Gasteiger partial charge on any atom is 0.259 e. The van der Waals surface area contributed by atoms with Gasteiger partial charge in [-0.3, -0.25) is 4.79 Å². The average molecular weight is 279 g/mol. The van der Waals surface area contributed by atoms with Crippen LogP contribution in [0, 0.1) is 0 Å². The van der Waals surface area contributed by atoms with Crippen LogP contribution in [0.5, 0.6) is 0 Å². The van der Waals surface area contributed by atoms with Crippen molar-refractivity contribution in [2.24, 2.45) is 0 Å². The molecular weight excluding hydrogens is 262 g/mol. The van der Waals surface area contributed by atoms with E-state index >= 15 is 0 Å². The van der Waals surface area contributed by atoms with Crippen molar-refractivity contribution >= 4 is 10.9 Å². The smallest absolute Gasteiger partial charge is 0.259 e. The van der Waals surface area contributed by atoms with Gasteiger partial charge >= 0.3 is 0 Å². The molecule has 21 heavy (non-hydrogen) atoms. The highest BCUT2D eigenvalue weighted by Gasteiger charge is 2.09. The second-order valence-corrected chi connectivity index (χ2v) is 5.33. The summed E-state index contributed by atoms with van der Waals surface area (Å²) in [6, 6.07) is 15.4.